The number of nitrogens with zero attached hydrogens (tertiary/aromatic N) is 1. The lowest BCUT2D eigenvalue weighted by Crippen LogP contribution is -2.18. The largest absolute Gasteiger partial charge is 0.294 e. The molecule has 1 rings (SSSR count). The molecule has 0 aliphatic carbocycles. The fraction of sp³-hybridized carbons (Fsp3) is 0.417. The molecule has 4 heteroatoms. The first-order valence-electron chi connectivity index (χ1n) is 5.06. The molecule has 3 nitrogen and oxygen atoms in total. The van der Waals surface area contributed by atoms with E-state index in [2.05, 4.69) is 0 Å². The third-order valence-corrected chi connectivity index (χ3v) is 1.91. The van der Waals surface area contributed by atoms with Crippen LogP contribution in [-0.4, -0.2) is 24.9 Å². The van der Waals surface area contributed by atoms with Crippen molar-refractivity contribution in [2.24, 2.45) is 11.8 Å². The first-order chi connectivity index (χ1) is 7.34. The van der Waals surface area contributed by atoms with Crippen LogP contribution in [0.2, 0.25) is 5.02 Å². The Labute approximate surface area is 102 Å². The molecule has 0 radical (unpaired) electrons. The number of rotatable bonds is 2. The highest BCUT2D eigenvalue weighted by Crippen LogP contribution is 2.12. The van der Waals surface area contributed by atoms with Crippen molar-refractivity contribution in [1.29, 1.82) is 0 Å². The molecule has 1 aromatic carbocycles. The van der Waals surface area contributed by atoms with Crippen LogP contribution in [-0.2, 0) is 0 Å². The fourth-order valence-corrected chi connectivity index (χ4v) is 1.07. The number of benzene rings is 1. The number of carbonyl (C=O) groups excluding carboxylic acids is 1. The van der Waals surface area contributed by atoms with E-state index in [9.17, 15) is 4.79 Å². The van der Waals surface area contributed by atoms with E-state index < -0.39 is 0 Å². The van der Waals surface area contributed by atoms with E-state index in [-0.39, 0.29) is 11.7 Å². The summed E-state index contributed by atoms with van der Waals surface area (Å²) < 4.78 is 0. The molecule has 1 aromatic rings. The van der Waals surface area contributed by atoms with Crippen molar-refractivity contribution in [3.63, 3.8) is 0 Å². The molecule has 0 amide bonds. The van der Waals surface area contributed by atoms with E-state index in [0.29, 0.717) is 5.02 Å². The molecule has 0 saturated heterocycles. The van der Waals surface area contributed by atoms with Crippen molar-refractivity contribution < 1.29 is 4.79 Å². The van der Waals surface area contributed by atoms with Gasteiger partial charge < -0.3 is 0 Å². The minimum Gasteiger partial charge on any atom is -0.294 e. The molecular formula is C12H19ClN2O. The van der Waals surface area contributed by atoms with Crippen molar-refractivity contribution >= 4 is 17.4 Å². The first-order valence-corrected chi connectivity index (χ1v) is 5.44. The van der Waals surface area contributed by atoms with Gasteiger partial charge in [0, 0.05) is 30.6 Å². The average molecular weight is 243 g/mol. The van der Waals surface area contributed by atoms with Gasteiger partial charge in [0.2, 0.25) is 0 Å². The Morgan fingerprint density at radius 3 is 1.94 bits per heavy atom. The monoisotopic (exact) mass is 242 g/mol. The highest BCUT2D eigenvalue weighted by Gasteiger charge is 2.08. The molecule has 0 aromatic heterocycles. The summed E-state index contributed by atoms with van der Waals surface area (Å²) in [4.78, 5) is 11.4. The Kier molecular flexibility index (Phi) is 6.97. The predicted molar refractivity (Wildman–Crippen MR) is 68.5 cm³/mol. The zero-order chi connectivity index (χ0) is 12.7. The Morgan fingerprint density at radius 1 is 1.25 bits per heavy atom. The van der Waals surface area contributed by atoms with Gasteiger partial charge in [0.05, 0.1) is 0 Å². The maximum Gasteiger partial charge on any atom is 0.165 e. The highest BCUT2D eigenvalue weighted by molar-refractivity contribution is 6.30. The van der Waals surface area contributed by atoms with E-state index in [0.717, 1.165) is 5.56 Å². The molecule has 0 bridgehead atoms. The van der Waals surface area contributed by atoms with Crippen LogP contribution in [0, 0.1) is 5.92 Å². The number of hydrogen-bond donors (Lipinski definition) is 1. The minimum absolute atomic E-state index is 0.0474. The SMILES string of the molecule is CC(C)C(=O)c1ccc(Cl)cc1.CN(C)N. The number of ketones is 1. The lowest BCUT2D eigenvalue weighted by atomic mass is 10.0. The van der Waals surface area contributed by atoms with Gasteiger partial charge in [-0.05, 0) is 24.3 Å². The topological polar surface area (TPSA) is 46.3 Å². The van der Waals surface area contributed by atoms with Crippen LogP contribution >= 0.6 is 11.6 Å². The average Bonchev–Trinajstić information content (AvgIpc) is 2.17. The highest BCUT2D eigenvalue weighted by atomic mass is 35.5. The van der Waals surface area contributed by atoms with Crippen LogP contribution in [0.1, 0.15) is 24.2 Å². The normalized spacial score (nSPS) is 10.0. The van der Waals surface area contributed by atoms with Gasteiger partial charge in [0.1, 0.15) is 0 Å². The fourth-order valence-electron chi connectivity index (χ4n) is 0.947. The zero-order valence-corrected chi connectivity index (χ0v) is 11.0. The number of carbonyl (C=O) groups is 1. The van der Waals surface area contributed by atoms with E-state index in [1.165, 1.54) is 5.01 Å². The Morgan fingerprint density at radius 2 is 1.62 bits per heavy atom. The molecule has 16 heavy (non-hydrogen) atoms. The molecule has 0 heterocycles. The number of nitrogens with two attached hydrogens (primary N) is 1. The Balaban J connectivity index is 0.000000487. The van der Waals surface area contributed by atoms with Crippen LogP contribution in [0.25, 0.3) is 0 Å². The van der Waals surface area contributed by atoms with Crippen molar-refractivity contribution in [3.05, 3.63) is 34.9 Å². The molecular weight excluding hydrogens is 224 g/mol. The number of hydrazine groups is 1. The van der Waals surface area contributed by atoms with E-state index in [1.54, 1.807) is 38.4 Å². The molecule has 90 valence electrons. The van der Waals surface area contributed by atoms with Crippen LogP contribution in [0.3, 0.4) is 0 Å². The van der Waals surface area contributed by atoms with Crippen LogP contribution in [0.5, 0.6) is 0 Å². The lowest BCUT2D eigenvalue weighted by molar-refractivity contribution is 0.0939. The van der Waals surface area contributed by atoms with Gasteiger partial charge in [-0.1, -0.05) is 25.4 Å². The van der Waals surface area contributed by atoms with Crippen LogP contribution < -0.4 is 5.84 Å². The molecule has 2 N–H and O–H groups in total. The summed E-state index contributed by atoms with van der Waals surface area (Å²) in [6, 6.07) is 6.98. The van der Waals surface area contributed by atoms with E-state index in [1.807, 2.05) is 13.8 Å². The van der Waals surface area contributed by atoms with Gasteiger partial charge in [-0.15, -0.1) is 0 Å². The van der Waals surface area contributed by atoms with Crippen LogP contribution in [0.4, 0.5) is 0 Å². The second-order valence-corrected chi connectivity index (χ2v) is 4.43. The quantitative estimate of drug-likeness (QED) is 0.493. The smallest absolute Gasteiger partial charge is 0.165 e. The summed E-state index contributed by atoms with van der Waals surface area (Å²) in [5.41, 5.74) is 0.731. The molecule has 0 atom stereocenters. The van der Waals surface area contributed by atoms with Crippen molar-refractivity contribution in [3.8, 4) is 0 Å². The number of hydrogen-bond acceptors (Lipinski definition) is 3. The predicted octanol–water partition coefficient (Wildman–Crippen LogP) is 2.60. The maximum atomic E-state index is 11.4. The number of Topliss-reactive ketones (excluding diaryl/α,β-unsaturated/α-hetero) is 1. The second-order valence-electron chi connectivity index (χ2n) is 3.99. The lowest BCUT2D eigenvalue weighted by Gasteiger charge is -2.02. The van der Waals surface area contributed by atoms with Crippen LogP contribution in [0.15, 0.2) is 24.3 Å². The van der Waals surface area contributed by atoms with Gasteiger partial charge in [-0.2, -0.15) is 0 Å². The summed E-state index contributed by atoms with van der Waals surface area (Å²) in [7, 11) is 3.56. The Bertz CT molecular complexity index is 318. The van der Waals surface area contributed by atoms with E-state index >= 15 is 0 Å². The van der Waals surface area contributed by atoms with Gasteiger partial charge in [0.15, 0.2) is 5.78 Å². The van der Waals surface area contributed by atoms with Crippen molar-refractivity contribution in [2.45, 2.75) is 13.8 Å². The molecule has 0 unspecified atom stereocenters. The standard InChI is InChI=1S/C10H11ClO.C2H8N2/c1-7(2)10(12)8-3-5-9(11)6-4-8;1-4(2)3/h3-7H,1-2H3;3H2,1-2H3. The van der Waals surface area contributed by atoms with Crippen molar-refractivity contribution in [1.82, 2.24) is 5.01 Å². The molecule has 0 fully saturated rings. The molecule has 0 aliphatic heterocycles. The Hall–Kier alpha value is -0.900. The third kappa shape index (κ3) is 6.56. The summed E-state index contributed by atoms with van der Waals surface area (Å²) in [5.74, 6) is 5.15. The van der Waals surface area contributed by atoms with E-state index in [4.69, 9.17) is 17.4 Å². The summed E-state index contributed by atoms with van der Waals surface area (Å²) >= 11 is 5.68. The zero-order valence-electron chi connectivity index (χ0n) is 10.2. The maximum absolute atomic E-state index is 11.4. The number of halogens is 1. The summed E-state index contributed by atoms with van der Waals surface area (Å²) in [6.07, 6.45) is 0. The van der Waals surface area contributed by atoms with Gasteiger partial charge in [0.25, 0.3) is 0 Å². The molecule has 0 saturated carbocycles. The van der Waals surface area contributed by atoms with Gasteiger partial charge in [-0.25, -0.2) is 0 Å². The minimum atomic E-state index is 0.0474. The van der Waals surface area contributed by atoms with Crippen molar-refractivity contribution in [2.75, 3.05) is 14.1 Å². The van der Waals surface area contributed by atoms with Gasteiger partial charge >= 0.3 is 0 Å². The molecule has 0 spiro atoms. The first kappa shape index (κ1) is 15.1. The van der Waals surface area contributed by atoms with Gasteiger partial charge in [-0.3, -0.25) is 15.6 Å². The molecule has 0 aliphatic rings. The summed E-state index contributed by atoms with van der Waals surface area (Å²) in [6.45, 7) is 3.77. The second kappa shape index (κ2) is 7.39. The summed E-state index contributed by atoms with van der Waals surface area (Å²) in [5, 5.41) is 2.16. The third-order valence-electron chi connectivity index (χ3n) is 1.65.